The molecule has 4 nitrogen and oxygen atoms in total. The summed E-state index contributed by atoms with van der Waals surface area (Å²) in [4.78, 5) is 11.7. The zero-order valence-electron chi connectivity index (χ0n) is 10.5. The molecule has 1 aliphatic rings. The van der Waals surface area contributed by atoms with Crippen molar-refractivity contribution in [3.05, 3.63) is 0 Å². The molecule has 3 N–H and O–H groups in total. The van der Waals surface area contributed by atoms with Crippen LogP contribution in [0.25, 0.3) is 0 Å². The van der Waals surface area contributed by atoms with E-state index in [2.05, 4.69) is 5.32 Å². The topological polar surface area (TPSA) is 64.3 Å². The first-order valence-electron chi connectivity index (χ1n) is 6.26. The normalized spacial score (nSPS) is 28.0. The van der Waals surface area contributed by atoms with Crippen LogP contribution in [0.1, 0.15) is 40.0 Å². The summed E-state index contributed by atoms with van der Waals surface area (Å²) < 4.78 is 5.44. The Kier molecular flexibility index (Phi) is 5.22. The first-order chi connectivity index (χ1) is 7.58. The van der Waals surface area contributed by atoms with E-state index >= 15 is 0 Å². The summed E-state index contributed by atoms with van der Waals surface area (Å²) in [5, 5.41) is 2.98. The number of hydrogen-bond donors (Lipinski definition) is 2. The minimum atomic E-state index is -0.379. The van der Waals surface area contributed by atoms with Gasteiger partial charge in [0.25, 0.3) is 0 Å². The van der Waals surface area contributed by atoms with Crippen LogP contribution >= 0.6 is 0 Å². The van der Waals surface area contributed by atoms with Crippen LogP contribution in [0.5, 0.6) is 0 Å². The molecule has 1 saturated carbocycles. The van der Waals surface area contributed by atoms with Crippen molar-refractivity contribution < 1.29 is 9.53 Å². The van der Waals surface area contributed by atoms with Gasteiger partial charge in [-0.3, -0.25) is 4.79 Å². The zero-order chi connectivity index (χ0) is 12.1. The predicted molar refractivity (Wildman–Crippen MR) is 64.0 cm³/mol. The molecule has 16 heavy (non-hydrogen) atoms. The summed E-state index contributed by atoms with van der Waals surface area (Å²) in [6, 6.07) is -0.115. The fourth-order valence-corrected chi connectivity index (χ4v) is 1.87. The molecule has 1 unspecified atom stereocenters. The number of carbonyl (C=O) groups is 1. The van der Waals surface area contributed by atoms with E-state index in [-0.39, 0.29) is 23.9 Å². The van der Waals surface area contributed by atoms with Gasteiger partial charge in [0.1, 0.15) is 0 Å². The van der Waals surface area contributed by atoms with E-state index in [0.29, 0.717) is 6.10 Å². The molecule has 1 aliphatic carbocycles. The van der Waals surface area contributed by atoms with Gasteiger partial charge in [0.2, 0.25) is 5.91 Å². The van der Waals surface area contributed by atoms with E-state index in [4.69, 9.17) is 10.5 Å². The van der Waals surface area contributed by atoms with E-state index in [9.17, 15) is 4.79 Å². The maximum absolute atomic E-state index is 11.7. The van der Waals surface area contributed by atoms with Gasteiger partial charge < -0.3 is 15.8 Å². The molecule has 0 saturated heterocycles. The van der Waals surface area contributed by atoms with E-state index in [1.54, 1.807) is 0 Å². The lowest BCUT2D eigenvalue weighted by molar-refractivity contribution is -0.126. The molecule has 0 bridgehead atoms. The summed E-state index contributed by atoms with van der Waals surface area (Å²) in [7, 11) is 0. The molecule has 0 aromatic heterocycles. The van der Waals surface area contributed by atoms with Crippen molar-refractivity contribution in [1.82, 2.24) is 5.32 Å². The molecule has 4 heteroatoms. The highest BCUT2D eigenvalue weighted by Crippen LogP contribution is 2.23. The van der Waals surface area contributed by atoms with E-state index in [0.717, 1.165) is 25.9 Å². The van der Waals surface area contributed by atoms with E-state index in [1.807, 2.05) is 20.8 Å². The summed E-state index contributed by atoms with van der Waals surface area (Å²) in [5.74, 6) is 0.220. The quantitative estimate of drug-likeness (QED) is 0.714. The molecule has 0 aromatic rings. The van der Waals surface area contributed by atoms with Gasteiger partial charge in [-0.15, -0.1) is 0 Å². The van der Waals surface area contributed by atoms with Gasteiger partial charge in [-0.2, -0.15) is 0 Å². The molecular formula is C12H24N2O2. The van der Waals surface area contributed by atoms with Gasteiger partial charge in [0.15, 0.2) is 0 Å². The predicted octanol–water partition coefficient (Wildman–Crippen LogP) is 1.04. The molecule has 1 amide bonds. The van der Waals surface area contributed by atoms with Gasteiger partial charge >= 0.3 is 0 Å². The lowest BCUT2D eigenvalue weighted by Crippen LogP contribution is -2.53. The third-order valence-corrected chi connectivity index (χ3v) is 3.40. The SMILES string of the molecule is CCOC1CC(NC(=O)[C@@H](N)C(C)CC)C1. The molecule has 1 rings (SSSR count). The highest BCUT2D eigenvalue weighted by atomic mass is 16.5. The Labute approximate surface area is 97.9 Å². The number of carbonyl (C=O) groups excluding carboxylic acids is 1. The van der Waals surface area contributed by atoms with Crippen molar-refractivity contribution in [2.75, 3.05) is 6.61 Å². The molecule has 0 heterocycles. The smallest absolute Gasteiger partial charge is 0.237 e. The number of rotatable bonds is 6. The molecule has 0 aliphatic heterocycles. The van der Waals surface area contributed by atoms with Crippen LogP contribution in [0.15, 0.2) is 0 Å². The molecular weight excluding hydrogens is 204 g/mol. The highest BCUT2D eigenvalue weighted by molar-refractivity contribution is 5.82. The maximum atomic E-state index is 11.7. The second kappa shape index (κ2) is 6.21. The monoisotopic (exact) mass is 228 g/mol. The van der Waals surface area contributed by atoms with E-state index < -0.39 is 0 Å². The number of nitrogens with two attached hydrogens (primary N) is 1. The zero-order valence-corrected chi connectivity index (χ0v) is 10.5. The fraction of sp³-hybridized carbons (Fsp3) is 0.917. The van der Waals surface area contributed by atoms with Gasteiger partial charge in [-0.1, -0.05) is 20.3 Å². The van der Waals surface area contributed by atoms with Crippen LogP contribution < -0.4 is 11.1 Å². The minimum absolute atomic E-state index is 0.0192. The average molecular weight is 228 g/mol. The van der Waals surface area contributed by atoms with Gasteiger partial charge in [0.05, 0.1) is 12.1 Å². The molecule has 2 atom stereocenters. The Morgan fingerprint density at radius 2 is 2.12 bits per heavy atom. The number of nitrogens with one attached hydrogen (secondary N) is 1. The molecule has 0 spiro atoms. The van der Waals surface area contributed by atoms with Crippen molar-refractivity contribution in [1.29, 1.82) is 0 Å². The van der Waals surface area contributed by atoms with Gasteiger partial charge in [0, 0.05) is 12.6 Å². The van der Waals surface area contributed by atoms with Crippen LogP contribution in [-0.2, 0) is 9.53 Å². The minimum Gasteiger partial charge on any atom is -0.378 e. The van der Waals surface area contributed by atoms with Crippen molar-refractivity contribution in [3.63, 3.8) is 0 Å². The number of amides is 1. The molecule has 0 radical (unpaired) electrons. The first kappa shape index (κ1) is 13.5. The largest absolute Gasteiger partial charge is 0.378 e. The van der Waals surface area contributed by atoms with Crippen molar-refractivity contribution in [2.24, 2.45) is 11.7 Å². The Balaban J connectivity index is 2.21. The summed E-state index contributed by atoms with van der Waals surface area (Å²) >= 11 is 0. The second-order valence-corrected chi connectivity index (χ2v) is 4.67. The standard InChI is InChI=1S/C12H24N2O2/c1-4-8(3)11(13)12(15)14-9-6-10(7-9)16-5-2/h8-11H,4-7,13H2,1-3H3,(H,14,15)/t8?,9?,10?,11-/m0/s1. The highest BCUT2D eigenvalue weighted by Gasteiger charge is 2.32. The van der Waals surface area contributed by atoms with Crippen LogP contribution in [0, 0.1) is 5.92 Å². The Morgan fingerprint density at radius 3 is 2.62 bits per heavy atom. The molecule has 0 aromatic carbocycles. The van der Waals surface area contributed by atoms with Crippen LogP contribution in [0.4, 0.5) is 0 Å². The number of hydrogen-bond acceptors (Lipinski definition) is 3. The van der Waals surface area contributed by atoms with E-state index in [1.165, 1.54) is 0 Å². The van der Waals surface area contributed by atoms with Gasteiger partial charge in [-0.25, -0.2) is 0 Å². The maximum Gasteiger partial charge on any atom is 0.237 e. The summed E-state index contributed by atoms with van der Waals surface area (Å²) in [6.45, 7) is 6.79. The third-order valence-electron chi connectivity index (χ3n) is 3.40. The summed E-state index contributed by atoms with van der Waals surface area (Å²) in [6.07, 6.45) is 3.11. The first-order valence-corrected chi connectivity index (χ1v) is 6.26. The fourth-order valence-electron chi connectivity index (χ4n) is 1.87. The van der Waals surface area contributed by atoms with Crippen molar-refractivity contribution >= 4 is 5.91 Å². The molecule has 1 fully saturated rings. The van der Waals surface area contributed by atoms with Gasteiger partial charge in [-0.05, 0) is 25.7 Å². The second-order valence-electron chi connectivity index (χ2n) is 4.67. The third kappa shape index (κ3) is 3.46. The summed E-state index contributed by atoms with van der Waals surface area (Å²) in [5.41, 5.74) is 5.85. The molecule has 94 valence electrons. The van der Waals surface area contributed by atoms with Crippen molar-refractivity contribution in [3.8, 4) is 0 Å². The lowest BCUT2D eigenvalue weighted by Gasteiger charge is -2.36. The van der Waals surface area contributed by atoms with Crippen LogP contribution in [-0.4, -0.2) is 30.7 Å². The van der Waals surface area contributed by atoms with Crippen LogP contribution in [0.3, 0.4) is 0 Å². The Morgan fingerprint density at radius 1 is 1.50 bits per heavy atom. The van der Waals surface area contributed by atoms with Crippen LogP contribution in [0.2, 0.25) is 0 Å². The Hall–Kier alpha value is -0.610. The number of ether oxygens (including phenoxy) is 1. The van der Waals surface area contributed by atoms with Crippen molar-refractivity contribution in [2.45, 2.75) is 58.2 Å². The lowest BCUT2D eigenvalue weighted by atomic mass is 9.88. The average Bonchev–Trinajstić information content (AvgIpc) is 2.23. The Bertz CT molecular complexity index is 227.